The van der Waals surface area contributed by atoms with Gasteiger partial charge < -0.3 is 19.9 Å². The van der Waals surface area contributed by atoms with E-state index in [-0.39, 0.29) is 29.9 Å². The maximum Gasteiger partial charge on any atom is 0.320 e. The van der Waals surface area contributed by atoms with Crippen molar-refractivity contribution in [2.75, 3.05) is 39.8 Å². The Labute approximate surface area is 125 Å². The molecule has 6 heteroatoms. The lowest BCUT2D eigenvalue weighted by Crippen LogP contribution is -2.56. The first kappa shape index (κ1) is 14.6. The number of hydrogen-bond donors (Lipinski definition) is 1. The van der Waals surface area contributed by atoms with Gasteiger partial charge in [-0.2, -0.15) is 0 Å². The fraction of sp³-hybridized carbons (Fsp3) is 0.867. The molecule has 0 spiro atoms. The van der Waals surface area contributed by atoms with Crippen molar-refractivity contribution in [2.24, 2.45) is 11.8 Å². The van der Waals surface area contributed by atoms with E-state index in [1.807, 2.05) is 9.80 Å². The summed E-state index contributed by atoms with van der Waals surface area (Å²) >= 11 is 0. The molecule has 0 aromatic heterocycles. The number of hydrogen-bond acceptors (Lipinski definition) is 3. The largest absolute Gasteiger partial charge is 0.378 e. The molecular formula is C15H25N3O3. The number of urea groups is 1. The fourth-order valence-corrected chi connectivity index (χ4v) is 3.91. The second kappa shape index (κ2) is 6.22. The van der Waals surface area contributed by atoms with Crippen molar-refractivity contribution >= 4 is 11.9 Å². The maximum atomic E-state index is 12.5. The lowest BCUT2D eigenvalue weighted by molar-refractivity contribution is -0.140. The molecule has 0 saturated carbocycles. The molecule has 3 aliphatic rings. The summed E-state index contributed by atoms with van der Waals surface area (Å²) in [7, 11) is 1.68. The number of rotatable bonds is 1. The van der Waals surface area contributed by atoms with Crippen molar-refractivity contribution in [2.45, 2.75) is 31.8 Å². The summed E-state index contributed by atoms with van der Waals surface area (Å²) in [6.45, 7) is 3.80. The third-order valence-corrected chi connectivity index (χ3v) is 5.10. The zero-order chi connectivity index (χ0) is 14.8. The molecule has 0 unspecified atom stereocenters. The van der Waals surface area contributed by atoms with Gasteiger partial charge in [0.1, 0.15) is 0 Å². The van der Waals surface area contributed by atoms with E-state index in [1.54, 1.807) is 7.05 Å². The van der Waals surface area contributed by atoms with Crippen LogP contribution in [0.1, 0.15) is 25.7 Å². The molecule has 3 heterocycles. The van der Waals surface area contributed by atoms with E-state index < -0.39 is 0 Å². The maximum absolute atomic E-state index is 12.5. The van der Waals surface area contributed by atoms with Crippen molar-refractivity contribution in [1.82, 2.24) is 15.1 Å². The molecule has 0 aliphatic carbocycles. The van der Waals surface area contributed by atoms with E-state index in [0.717, 1.165) is 45.3 Å². The van der Waals surface area contributed by atoms with Crippen LogP contribution < -0.4 is 5.32 Å². The van der Waals surface area contributed by atoms with Gasteiger partial charge in [0.2, 0.25) is 5.91 Å². The van der Waals surface area contributed by atoms with Crippen LogP contribution in [0.15, 0.2) is 0 Å². The van der Waals surface area contributed by atoms with Gasteiger partial charge in [-0.25, -0.2) is 4.79 Å². The molecular weight excluding hydrogens is 270 g/mol. The molecule has 0 aromatic rings. The van der Waals surface area contributed by atoms with Crippen LogP contribution in [0.3, 0.4) is 0 Å². The Morgan fingerprint density at radius 1 is 1.10 bits per heavy atom. The minimum atomic E-state index is -0.0251. The summed E-state index contributed by atoms with van der Waals surface area (Å²) in [5.41, 5.74) is 0. The Bertz CT molecular complexity index is 409. The van der Waals surface area contributed by atoms with Crippen LogP contribution in [-0.2, 0) is 9.53 Å². The molecule has 3 fully saturated rings. The number of likely N-dealkylation sites (tertiary alicyclic amines) is 2. The average Bonchev–Trinajstić information content (AvgIpc) is 3.06. The summed E-state index contributed by atoms with van der Waals surface area (Å²) in [6.07, 6.45) is 3.94. The Balaban J connectivity index is 1.67. The molecule has 0 bridgehead atoms. The van der Waals surface area contributed by atoms with Gasteiger partial charge in [-0.05, 0) is 25.7 Å². The summed E-state index contributed by atoms with van der Waals surface area (Å²) in [5, 5.41) is 2.76. The number of piperidine rings is 1. The second-order valence-corrected chi connectivity index (χ2v) is 6.29. The molecule has 3 rings (SSSR count). The van der Waals surface area contributed by atoms with Crippen molar-refractivity contribution in [3.63, 3.8) is 0 Å². The van der Waals surface area contributed by atoms with Gasteiger partial charge in [-0.1, -0.05) is 0 Å². The Morgan fingerprint density at radius 3 is 2.57 bits per heavy atom. The van der Waals surface area contributed by atoms with Crippen molar-refractivity contribution in [3.8, 4) is 0 Å². The molecule has 6 nitrogen and oxygen atoms in total. The number of fused-ring (bicyclic) bond motifs is 1. The van der Waals surface area contributed by atoms with Gasteiger partial charge in [0.25, 0.3) is 0 Å². The Hall–Kier alpha value is -1.30. The number of nitrogens with zero attached hydrogens (tertiary/aromatic N) is 2. The van der Waals surface area contributed by atoms with Gasteiger partial charge in [-0.3, -0.25) is 4.79 Å². The van der Waals surface area contributed by atoms with E-state index in [9.17, 15) is 9.59 Å². The monoisotopic (exact) mass is 295 g/mol. The summed E-state index contributed by atoms with van der Waals surface area (Å²) < 4.78 is 5.83. The van der Waals surface area contributed by atoms with Crippen LogP contribution in [0.5, 0.6) is 0 Å². The van der Waals surface area contributed by atoms with E-state index in [2.05, 4.69) is 5.32 Å². The predicted molar refractivity (Wildman–Crippen MR) is 77.8 cm³/mol. The molecule has 0 radical (unpaired) electrons. The number of nitrogens with one attached hydrogen (secondary N) is 1. The number of ether oxygens (including phenoxy) is 1. The smallest absolute Gasteiger partial charge is 0.320 e. The highest BCUT2D eigenvalue weighted by Gasteiger charge is 2.43. The van der Waals surface area contributed by atoms with Gasteiger partial charge in [-0.15, -0.1) is 0 Å². The Morgan fingerprint density at radius 2 is 1.86 bits per heavy atom. The molecule has 21 heavy (non-hydrogen) atoms. The molecule has 118 valence electrons. The highest BCUT2D eigenvalue weighted by Crippen LogP contribution is 2.33. The lowest BCUT2D eigenvalue weighted by Gasteiger charge is -2.45. The van der Waals surface area contributed by atoms with Crippen LogP contribution in [0, 0.1) is 11.8 Å². The van der Waals surface area contributed by atoms with Crippen LogP contribution >= 0.6 is 0 Å². The molecule has 1 N–H and O–H groups in total. The minimum absolute atomic E-state index is 0.0251. The average molecular weight is 295 g/mol. The van der Waals surface area contributed by atoms with Gasteiger partial charge in [0.05, 0.1) is 6.10 Å². The summed E-state index contributed by atoms with van der Waals surface area (Å²) in [4.78, 5) is 28.5. The summed E-state index contributed by atoms with van der Waals surface area (Å²) in [6, 6.07) is 0.146. The van der Waals surface area contributed by atoms with Gasteiger partial charge >= 0.3 is 6.03 Å². The minimum Gasteiger partial charge on any atom is -0.378 e. The quantitative estimate of drug-likeness (QED) is 0.773. The standard InChI is InChI=1S/C15H25N3O3/c1-16-14(19)11-5-9-21-13-4-8-18(10-12(11)13)15(20)17-6-2-3-7-17/h11-13H,2-10H2,1H3,(H,16,19)/t11-,12+,13-/m1/s1. The van der Waals surface area contributed by atoms with Crippen molar-refractivity contribution < 1.29 is 14.3 Å². The highest BCUT2D eigenvalue weighted by atomic mass is 16.5. The van der Waals surface area contributed by atoms with Crippen LogP contribution in [-0.4, -0.2) is 67.7 Å². The van der Waals surface area contributed by atoms with Crippen LogP contribution in [0.4, 0.5) is 4.79 Å². The number of amides is 3. The summed E-state index contributed by atoms with van der Waals surface area (Å²) in [5.74, 6) is 0.200. The normalized spacial score (nSPS) is 32.7. The third-order valence-electron chi connectivity index (χ3n) is 5.10. The highest BCUT2D eigenvalue weighted by molar-refractivity contribution is 5.79. The first-order valence-corrected chi connectivity index (χ1v) is 8.07. The fourth-order valence-electron chi connectivity index (χ4n) is 3.91. The number of carbonyl (C=O) groups excluding carboxylic acids is 2. The SMILES string of the molecule is CNC(=O)[C@@H]1CCO[C@@H]2CCN(C(=O)N3CCCC3)C[C@H]21. The first-order chi connectivity index (χ1) is 10.2. The zero-order valence-electron chi connectivity index (χ0n) is 12.7. The van der Waals surface area contributed by atoms with E-state index >= 15 is 0 Å². The zero-order valence-corrected chi connectivity index (χ0v) is 12.7. The molecule has 3 saturated heterocycles. The second-order valence-electron chi connectivity index (χ2n) is 6.29. The van der Waals surface area contributed by atoms with Crippen molar-refractivity contribution in [3.05, 3.63) is 0 Å². The molecule has 3 amide bonds. The first-order valence-electron chi connectivity index (χ1n) is 8.07. The van der Waals surface area contributed by atoms with E-state index in [4.69, 9.17) is 4.74 Å². The molecule has 3 aliphatic heterocycles. The van der Waals surface area contributed by atoms with Gasteiger partial charge in [0, 0.05) is 51.7 Å². The van der Waals surface area contributed by atoms with Crippen molar-refractivity contribution in [1.29, 1.82) is 0 Å². The van der Waals surface area contributed by atoms with Crippen LogP contribution in [0.25, 0.3) is 0 Å². The van der Waals surface area contributed by atoms with E-state index in [1.165, 1.54) is 0 Å². The Kier molecular flexibility index (Phi) is 4.33. The van der Waals surface area contributed by atoms with Crippen LogP contribution in [0.2, 0.25) is 0 Å². The molecule has 0 aromatic carbocycles. The number of carbonyl (C=O) groups is 2. The van der Waals surface area contributed by atoms with Gasteiger partial charge in [0.15, 0.2) is 0 Å². The predicted octanol–water partition coefficient (Wildman–Crippen LogP) is 0.675. The molecule has 3 atom stereocenters. The lowest BCUT2D eigenvalue weighted by atomic mass is 9.79. The topological polar surface area (TPSA) is 61.9 Å². The van der Waals surface area contributed by atoms with E-state index in [0.29, 0.717) is 13.2 Å². The third kappa shape index (κ3) is 2.86.